The van der Waals surface area contributed by atoms with Gasteiger partial charge in [0.2, 0.25) is 5.43 Å². The van der Waals surface area contributed by atoms with Gasteiger partial charge in [-0.2, -0.15) is 5.10 Å². The van der Waals surface area contributed by atoms with Gasteiger partial charge in [0.25, 0.3) is 0 Å². The van der Waals surface area contributed by atoms with Crippen LogP contribution in [0.15, 0.2) is 71.9 Å². The van der Waals surface area contributed by atoms with Crippen LogP contribution in [0.2, 0.25) is 0 Å². The lowest BCUT2D eigenvalue weighted by Crippen LogP contribution is -2.16. The normalized spacial score (nSPS) is 10.9. The fourth-order valence-electron chi connectivity index (χ4n) is 3.29. The first-order valence-electron chi connectivity index (χ1n) is 10.6. The molecule has 0 N–H and O–H groups in total. The van der Waals surface area contributed by atoms with Gasteiger partial charge < -0.3 is 9.47 Å². The number of aromatic nitrogens is 4. The number of halogens is 2. The summed E-state index contributed by atoms with van der Waals surface area (Å²) in [4.78, 5) is 21.1. The maximum Gasteiger partial charge on any atom is 0.203 e. The maximum atomic E-state index is 13.6. The molecule has 0 fully saturated rings. The Hall–Kier alpha value is -3.98. The van der Waals surface area contributed by atoms with E-state index < -0.39 is 11.6 Å². The van der Waals surface area contributed by atoms with Crippen molar-refractivity contribution >= 4 is 0 Å². The van der Waals surface area contributed by atoms with E-state index in [1.165, 1.54) is 23.0 Å². The molecule has 34 heavy (non-hydrogen) atoms. The van der Waals surface area contributed by atoms with E-state index in [2.05, 4.69) is 15.1 Å². The predicted octanol–water partition coefficient (Wildman–Crippen LogP) is 3.97. The van der Waals surface area contributed by atoms with Crippen LogP contribution in [-0.4, -0.2) is 40.1 Å². The van der Waals surface area contributed by atoms with Gasteiger partial charge in [-0.1, -0.05) is 18.2 Å². The average molecular weight is 464 g/mol. The van der Waals surface area contributed by atoms with Crippen LogP contribution in [0.25, 0.3) is 17.1 Å². The molecule has 4 rings (SSSR count). The van der Waals surface area contributed by atoms with Crippen molar-refractivity contribution in [2.45, 2.75) is 12.8 Å². The van der Waals surface area contributed by atoms with E-state index >= 15 is 0 Å². The lowest BCUT2D eigenvalue weighted by molar-refractivity contribution is 0.172. The summed E-state index contributed by atoms with van der Waals surface area (Å²) in [5.41, 5.74) is 1.93. The van der Waals surface area contributed by atoms with Crippen molar-refractivity contribution in [2.24, 2.45) is 0 Å². The third-order valence-electron chi connectivity index (χ3n) is 4.99. The third kappa shape index (κ3) is 5.68. The van der Waals surface area contributed by atoms with Crippen LogP contribution in [0.1, 0.15) is 17.7 Å². The van der Waals surface area contributed by atoms with Crippen molar-refractivity contribution in [1.82, 2.24) is 19.7 Å². The topological polar surface area (TPSA) is 79.1 Å². The average Bonchev–Trinajstić information content (AvgIpc) is 2.85. The van der Waals surface area contributed by atoms with E-state index in [0.29, 0.717) is 30.5 Å². The fourth-order valence-corrected chi connectivity index (χ4v) is 3.29. The Balaban J connectivity index is 1.51. The first-order chi connectivity index (χ1) is 16.5. The Labute approximate surface area is 194 Å². The summed E-state index contributed by atoms with van der Waals surface area (Å²) in [5.74, 6) is -0.845. The second-order valence-corrected chi connectivity index (χ2v) is 7.48. The molecule has 0 radical (unpaired) electrons. The molecule has 2 heterocycles. The highest BCUT2D eigenvalue weighted by molar-refractivity contribution is 5.56. The van der Waals surface area contributed by atoms with E-state index in [1.54, 1.807) is 19.5 Å². The Kier molecular flexibility index (Phi) is 7.34. The van der Waals surface area contributed by atoms with Crippen molar-refractivity contribution in [1.29, 1.82) is 0 Å². The summed E-state index contributed by atoms with van der Waals surface area (Å²) >= 11 is 0. The molecule has 2 aromatic carbocycles. The molecule has 174 valence electrons. The summed E-state index contributed by atoms with van der Waals surface area (Å²) in [7, 11) is 1.64. The van der Waals surface area contributed by atoms with Crippen molar-refractivity contribution < 1.29 is 18.3 Å². The molecule has 0 spiro atoms. The quantitative estimate of drug-likeness (QED) is 0.349. The number of ether oxygens (including phenoxy) is 2. The van der Waals surface area contributed by atoms with Crippen LogP contribution >= 0.6 is 0 Å². The van der Waals surface area contributed by atoms with E-state index in [1.807, 2.05) is 24.3 Å². The Morgan fingerprint density at radius 3 is 2.56 bits per heavy atom. The van der Waals surface area contributed by atoms with E-state index in [0.717, 1.165) is 29.7 Å². The number of hydrogen-bond donors (Lipinski definition) is 0. The molecule has 4 aromatic rings. The Bertz CT molecular complexity index is 1330. The molecule has 0 atom stereocenters. The Morgan fingerprint density at radius 2 is 1.79 bits per heavy atom. The first kappa shape index (κ1) is 23.2. The number of methoxy groups -OCH3 is 1. The maximum absolute atomic E-state index is 13.6. The van der Waals surface area contributed by atoms with Gasteiger partial charge >= 0.3 is 0 Å². The van der Waals surface area contributed by atoms with Gasteiger partial charge in [0, 0.05) is 50.5 Å². The minimum atomic E-state index is -0.987. The SMILES string of the molecule is COCCCOc1cnc(-c2cccc(Cc3nn(-c4ccc(F)c(F)c4)ccc3=O)c2)nc1. The molecular weight excluding hydrogens is 442 g/mol. The molecule has 0 saturated heterocycles. The Morgan fingerprint density at radius 1 is 0.971 bits per heavy atom. The molecule has 9 heteroatoms. The molecule has 0 aliphatic heterocycles. The molecule has 0 aliphatic rings. The fraction of sp³-hybridized carbons (Fsp3) is 0.200. The minimum Gasteiger partial charge on any atom is -0.490 e. The zero-order chi connectivity index (χ0) is 23.9. The van der Waals surface area contributed by atoms with Gasteiger partial charge in [-0.05, 0) is 23.8 Å². The van der Waals surface area contributed by atoms with Crippen LogP contribution in [0, 0.1) is 11.6 Å². The van der Waals surface area contributed by atoms with Gasteiger partial charge in [0.15, 0.2) is 23.2 Å². The molecule has 0 aliphatic carbocycles. The lowest BCUT2D eigenvalue weighted by atomic mass is 10.1. The lowest BCUT2D eigenvalue weighted by Gasteiger charge is -2.09. The molecule has 0 unspecified atom stereocenters. The highest BCUT2D eigenvalue weighted by Gasteiger charge is 2.10. The van der Waals surface area contributed by atoms with Crippen molar-refractivity contribution in [3.63, 3.8) is 0 Å². The van der Waals surface area contributed by atoms with Gasteiger partial charge in [-0.15, -0.1) is 0 Å². The zero-order valence-electron chi connectivity index (χ0n) is 18.4. The zero-order valence-corrected chi connectivity index (χ0v) is 18.4. The van der Waals surface area contributed by atoms with E-state index in [4.69, 9.17) is 9.47 Å². The number of rotatable bonds is 9. The van der Waals surface area contributed by atoms with Crippen molar-refractivity contribution in [3.05, 3.63) is 100 Å². The van der Waals surface area contributed by atoms with Gasteiger partial charge in [-0.3, -0.25) is 4.79 Å². The van der Waals surface area contributed by atoms with Crippen molar-refractivity contribution in [3.8, 4) is 22.8 Å². The van der Waals surface area contributed by atoms with Crippen LogP contribution < -0.4 is 10.2 Å². The summed E-state index contributed by atoms with van der Waals surface area (Å²) in [6, 6.07) is 12.3. The first-order valence-corrected chi connectivity index (χ1v) is 10.6. The molecule has 2 aromatic heterocycles. The summed E-state index contributed by atoms with van der Waals surface area (Å²) in [5, 5.41) is 4.32. The monoisotopic (exact) mass is 464 g/mol. The molecule has 0 bridgehead atoms. The summed E-state index contributed by atoms with van der Waals surface area (Å²) < 4.78 is 38.8. The van der Waals surface area contributed by atoms with Gasteiger partial charge in [0.1, 0.15) is 5.69 Å². The van der Waals surface area contributed by atoms with Gasteiger partial charge in [-0.25, -0.2) is 23.4 Å². The highest BCUT2D eigenvalue weighted by atomic mass is 19.2. The van der Waals surface area contributed by atoms with E-state index in [-0.39, 0.29) is 17.5 Å². The molecule has 7 nitrogen and oxygen atoms in total. The highest BCUT2D eigenvalue weighted by Crippen LogP contribution is 2.19. The summed E-state index contributed by atoms with van der Waals surface area (Å²) in [6.07, 6.45) is 5.66. The number of hydrogen-bond acceptors (Lipinski definition) is 6. The number of benzene rings is 2. The molecule has 0 amide bonds. The smallest absolute Gasteiger partial charge is 0.203 e. The predicted molar refractivity (Wildman–Crippen MR) is 122 cm³/mol. The van der Waals surface area contributed by atoms with Gasteiger partial charge in [0.05, 0.1) is 24.7 Å². The van der Waals surface area contributed by atoms with Crippen LogP contribution in [0.4, 0.5) is 8.78 Å². The minimum absolute atomic E-state index is 0.248. The largest absolute Gasteiger partial charge is 0.490 e. The van der Waals surface area contributed by atoms with Crippen molar-refractivity contribution in [2.75, 3.05) is 20.3 Å². The third-order valence-corrected chi connectivity index (χ3v) is 4.99. The standard InChI is InChI=1S/C25H22F2N4O3/c1-33-10-3-11-34-20-15-28-25(29-16-20)18-5-2-4-17(12-18)13-23-24(32)8-9-31(30-23)19-6-7-21(26)22(27)14-19/h2,4-9,12,14-16H,3,10-11,13H2,1H3. The second kappa shape index (κ2) is 10.8. The molecular formula is C25H22F2N4O3. The van der Waals surface area contributed by atoms with E-state index in [9.17, 15) is 13.6 Å². The van der Waals surface area contributed by atoms with Crippen LogP contribution in [0.3, 0.4) is 0 Å². The van der Waals surface area contributed by atoms with Crippen LogP contribution in [0.5, 0.6) is 5.75 Å². The summed E-state index contributed by atoms with van der Waals surface area (Å²) in [6.45, 7) is 1.13. The van der Waals surface area contributed by atoms with Crippen LogP contribution in [-0.2, 0) is 11.2 Å². The number of nitrogens with zero attached hydrogens (tertiary/aromatic N) is 4. The molecule has 0 saturated carbocycles. The second-order valence-electron chi connectivity index (χ2n) is 7.48.